The molecule has 2 aromatic rings. The van der Waals surface area contributed by atoms with Gasteiger partial charge in [-0.05, 0) is 37.3 Å². The monoisotopic (exact) mass is 381 g/mol. The highest BCUT2D eigenvalue weighted by atomic mass is 16.2. The molecule has 1 aliphatic carbocycles. The molecule has 0 saturated carbocycles. The number of pyridine rings is 1. The molecule has 2 aliphatic rings. The van der Waals surface area contributed by atoms with Gasteiger partial charge in [-0.2, -0.15) is 5.10 Å². The van der Waals surface area contributed by atoms with Gasteiger partial charge in [-0.3, -0.25) is 9.59 Å². The van der Waals surface area contributed by atoms with Crippen LogP contribution in [0.25, 0.3) is 11.0 Å². The van der Waals surface area contributed by atoms with Crippen LogP contribution < -0.4 is 5.32 Å². The van der Waals surface area contributed by atoms with Crippen LogP contribution in [-0.2, 0) is 16.1 Å². The Balaban J connectivity index is 1.42. The molecule has 2 atom stereocenters. The zero-order chi connectivity index (χ0) is 19.5. The van der Waals surface area contributed by atoms with Crippen LogP contribution >= 0.6 is 0 Å². The fourth-order valence-corrected chi connectivity index (χ4v) is 4.24. The maximum absolute atomic E-state index is 12.1. The van der Waals surface area contributed by atoms with E-state index in [9.17, 15) is 9.59 Å². The minimum atomic E-state index is 0.0917. The summed E-state index contributed by atoms with van der Waals surface area (Å²) in [6.07, 6.45) is 9.69. The molecule has 28 heavy (non-hydrogen) atoms. The van der Waals surface area contributed by atoms with Crippen LogP contribution in [0.1, 0.15) is 44.2 Å². The summed E-state index contributed by atoms with van der Waals surface area (Å²) in [5, 5.41) is 8.87. The summed E-state index contributed by atoms with van der Waals surface area (Å²) < 4.78 is 1.89. The Morgan fingerprint density at radius 3 is 2.96 bits per heavy atom. The maximum atomic E-state index is 12.1. The first-order valence-electron chi connectivity index (χ1n) is 10.1. The highest BCUT2D eigenvalue weighted by Crippen LogP contribution is 2.31. The van der Waals surface area contributed by atoms with Crippen LogP contribution in [0, 0.1) is 5.92 Å². The molecule has 0 unspecified atom stereocenters. The van der Waals surface area contributed by atoms with Gasteiger partial charge in [-0.15, -0.1) is 0 Å². The van der Waals surface area contributed by atoms with E-state index in [0.717, 1.165) is 42.5 Å². The van der Waals surface area contributed by atoms with Crippen LogP contribution in [-0.4, -0.2) is 51.1 Å². The number of nitrogens with zero attached hydrogens (tertiary/aromatic N) is 4. The third-order valence-electron chi connectivity index (χ3n) is 5.76. The van der Waals surface area contributed by atoms with Crippen molar-refractivity contribution in [2.24, 2.45) is 5.92 Å². The molecule has 1 N–H and O–H groups in total. The number of nitrogens with one attached hydrogen (secondary N) is 1. The van der Waals surface area contributed by atoms with Gasteiger partial charge in [0, 0.05) is 50.5 Å². The molecule has 7 nitrogen and oxygen atoms in total. The van der Waals surface area contributed by atoms with E-state index in [4.69, 9.17) is 5.10 Å². The summed E-state index contributed by atoms with van der Waals surface area (Å²) >= 11 is 0. The van der Waals surface area contributed by atoms with E-state index in [2.05, 4.69) is 22.5 Å². The van der Waals surface area contributed by atoms with Gasteiger partial charge in [0.25, 0.3) is 0 Å². The van der Waals surface area contributed by atoms with Crippen molar-refractivity contribution < 1.29 is 9.59 Å². The van der Waals surface area contributed by atoms with E-state index >= 15 is 0 Å². The number of fused-ring (bicyclic) bond motifs is 1. The van der Waals surface area contributed by atoms with Gasteiger partial charge in [-0.1, -0.05) is 12.2 Å². The first kappa shape index (κ1) is 18.7. The highest BCUT2D eigenvalue weighted by Gasteiger charge is 2.29. The molecule has 0 bridgehead atoms. The number of aromatic nitrogens is 3. The first-order chi connectivity index (χ1) is 13.6. The van der Waals surface area contributed by atoms with Crippen molar-refractivity contribution >= 4 is 22.8 Å². The van der Waals surface area contributed by atoms with Crippen molar-refractivity contribution in [3.8, 4) is 0 Å². The summed E-state index contributed by atoms with van der Waals surface area (Å²) in [6, 6.07) is 3.97. The highest BCUT2D eigenvalue weighted by molar-refractivity contribution is 5.79. The lowest BCUT2D eigenvalue weighted by molar-refractivity contribution is -0.127. The second-order valence-electron chi connectivity index (χ2n) is 7.75. The van der Waals surface area contributed by atoms with Gasteiger partial charge >= 0.3 is 0 Å². The van der Waals surface area contributed by atoms with Crippen molar-refractivity contribution in [1.29, 1.82) is 0 Å². The molecule has 3 heterocycles. The molecule has 4 rings (SSSR count). The SMILES string of the molecule is CC(=O)N1CC[C@H](c2nn(CCNC(=O)C[C@@H]3C=CCC3)c3ncccc23)C1. The third-order valence-corrected chi connectivity index (χ3v) is 5.76. The number of likely N-dealkylation sites (tertiary alicyclic amines) is 1. The standard InChI is InChI=1S/C21H27N5O2/c1-15(27)25-11-8-17(14-25)20-18-7-4-9-23-21(18)26(24-20)12-10-22-19(28)13-16-5-2-3-6-16/h2,4-5,7,9,16-17H,3,6,8,10-14H2,1H3,(H,22,28)/t16-,17+/m1/s1. The van der Waals surface area contributed by atoms with Crippen molar-refractivity contribution in [3.05, 3.63) is 36.2 Å². The molecule has 1 saturated heterocycles. The average molecular weight is 381 g/mol. The van der Waals surface area contributed by atoms with Crippen LogP contribution in [0.2, 0.25) is 0 Å². The Bertz CT molecular complexity index is 903. The van der Waals surface area contributed by atoms with Crippen LogP contribution in [0.5, 0.6) is 0 Å². The molecule has 7 heteroatoms. The zero-order valence-corrected chi connectivity index (χ0v) is 16.3. The van der Waals surface area contributed by atoms with Gasteiger partial charge in [0.05, 0.1) is 12.2 Å². The Kier molecular flexibility index (Phi) is 5.41. The van der Waals surface area contributed by atoms with Gasteiger partial charge in [-0.25, -0.2) is 9.67 Å². The molecule has 0 spiro atoms. The average Bonchev–Trinajstić information content (AvgIpc) is 3.41. The molecular formula is C21H27N5O2. The van der Waals surface area contributed by atoms with E-state index in [1.807, 2.05) is 21.7 Å². The van der Waals surface area contributed by atoms with Crippen molar-refractivity contribution in [3.63, 3.8) is 0 Å². The Labute approximate surface area is 164 Å². The normalized spacial score (nSPS) is 21.5. The van der Waals surface area contributed by atoms with E-state index in [0.29, 0.717) is 32.0 Å². The molecule has 0 radical (unpaired) electrons. The lowest BCUT2D eigenvalue weighted by atomic mass is 10.0. The van der Waals surface area contributed by atoms with Gasteiger partial charge in [0.2, 0.25) is 11.8 Å². The molecule has 1 aliphatic heterocycles. The van der Waals surface area contributed by atoms with E-state index < -0.39 is 0 Å². The quantitative estimate of drug-likeness (QED) is 0.778. The predicted molar refractivity (Wildman–Crippen MR) is 107 cm³/mol. The first-order valence-corrected chi connectivity index (χ1v) is 10.1. The number of hydrogen-bond donors (Lipinski definition) is 1. The summed E-state index contributed by atoms with van der Waals surface area (Å²) in [4.78, 5) is 30.2. The number of carbonyl (C=O) groups is 2. The minimum absolute atomic E-state index is 0.0917. The molecule has 0 aromatic carbocycles. The van der Waals surface area contributed by atoms with Crippen LogP contribution in [0.15, 0.2) is 30.5 Å². The van der Waals surface area contributed by atoms with Crippen LogP contribution in [0.3, 0.4) is 0 Å². The van der Waals surface area contributed by atoms with Crippen molar-refractivity contribution in [2.75, 3.05) is 19.6 Å². The summed E-state index contributed by atoms with van der Waals surface area (Å²) in [7, 11) is 0. The predicted octanol–water partition coefficient (Wildman–Crippen LogP) is 2.24. The lowest BCUT2D eigenvalue weighted by Gasteiger charge is -2.13. The molecule has 2 aromatic heterocycles. The largest absolute Gasteiger partial charge is 0.354 e. The Hall–Kier alpha value is -2.70. The minimum Gasteiger partial charge on any atom is -0.354 e. The molecule has 1 fully saturated rings. The smallest absolute Gasteiger partial charge is 0.220 e. The summed E-state index contributed by atoms with van der Waals surface area (Å²) in [5.74, 6) is 0.823. The Morgan fingerprint density at radius 1 is 1.32 bits per heavy atom. The number of hydrogen-bond acceptors (Lipinski definition) is 4. The topological polar surface area (TPSA) is 80.1 Å². The summed E-state index contributed by atoms with van der Waals surface area (Å²) in [6.45, 7) is 4.22. The fraction of sp³-hybridized carbons (Fsp3) is 0.524. The van der Waals surface area contributed by atoms with Gasteiger partial charge in [0.15, 0.2) is 5.65 Å². The number of carbonyl (C=O) groups excluding carboxylic acids is 2. The number of allylic oxidation sites excluding steroid dienone is 2. The second-order valence-corrected chi connectivity index (χ2v) is 7.75. The van der Waals surface area contributed by atoms with Crippen molar-refractivity contribution in [1.82, 2.24) is 25.0 Å². The number of rotatable bonds is 6. The molecular weight excluding hydrogens is 354 g/mol. The van der Waals surface area contributed by atoms with Crippen LogP contribution in [0.4, 0.5) is 0 Å². The Morgan fingerprint density at radius 2 is 2.21 bits per heavy atom. The third kappa shape index (κ3) is 3.93. The van der Waals surface area contributed by atoms with E-state index in [1.165, 1.54) is 0 Å². The van der Waals surface area contributed by atoms with E-state index in [-0.39, 0.29) is 17.7 Å². The van der Waals surface area contributed by atoms with Gasteiger partial charge in [0.1, 0.15) is 0 Å². The lowest BCUT2D eigenvalue weighted by Crippen LogP contribution is -2.28. The van der Waals surface area contributed by atoms with Crippen molar-refractivity contribution in [2.45, 2.75) is 45.1 Å². The fourth-order valence-electron chi connectivity index (χ4n) is 4.24. The molecule has 148 valence electrons. The zero-order valence-electron chi connectivity index (χ0n) is 16.3. The summed E-state index contributed by atoms with van der Waals surface area (Å²) in [5.41, 5.74) is 1.85. The second kappa shape index (κ2) is 8.12. The molecule has 2 amide bonds. The van der Waals surface area contributed by atoms with Gasteiger partial charge < -0.3 is 10.2 Å². The van der Waals surface area contributed by atoms with E-state index in [1.54, 1.807) is 13.1 Å². The maximum Gasteiger partial charge on any atom is 0.220 e. The number of amides is 2.